The van der Waals surface area contributed by atoms with Crippen molar-refractivity contribution in [3.8, 4) is 5.75 Å². The number of carbonyl (C=O) groups is 2. The van der Waals surface area contributed by atoms with Gasteiger partial charge >= 0.3 is 12.1 Å². The van der Waals surface area contributed by atoms with Gasteiger partial charge in [-0.3, -0.25) is 5.32 Å². The van der Waals surface area contributed by atoms with Crippen molar-refractivity contribution in [2.75, 3.05) is 5.32 Å². The molecule has 0 fully saturated rings. The highest BCUT2D eigenvalue weighted by atomic mass is 79.9. The summed E-state index contributed by atoms with van der Waals surface area (Å²) in [6.07, 6.45) is 0.860. The Kier molecular flexibility index (Phi) is 6.59. The summed E-state index contributed by atoms with van der Waals surface area (Å²) in [5.74, 6) is -1.16. The zero-order chi connectivity index (χ0) is 18.2. The molecule has 0 spiro atoms. The van der Waals surface area contributed by atoms with Crippen molar-refractivity contribution in [1.82, 2.24) is 0 Å². The molecule has 0 saturated heterocycles. The Morgan fingerprint density at radius 2 is 1.92 bits per heavy atom. The first kappa shape index (κ1) is 18.5. The molecule has 7 heteroatoms. The number of phenols is 1. The van der Waals surface area contributed by atoms with Crippen molar-refractivity contribution >= 4 is 33.7 Å². The van der Waals surface area contributed by atoms with Gasteiger partial charge in [0.05, 0.1) is 0 Å². The Morgan fingerprint density at radius 3 is 2.60 bits per heavy atom. The van der Waals surface area contributed by atoms with E-state index in [0.29, 0.717) is 15.7 Å². The number of hydrogen-bond acceptors (Lipinski definition) is 4. The van der Waals surface area contributed by atoms with Gasteiger partial charge in [0.1, 0.15) is 11.9 Å². The van der Waals surface area contributed by atoms with Gasteiger partial charge in [0.25, 0.3) is 0 Å². The quantitative estimate of drug-likeness (QED) is 0.615. The molecule has 0 radical (unpaired) electrons. The molecule has 0 heterocycles. The molecule has 1 amide bonds. The molecular weight excluding hydrogens is 390 g/mol. The number of ether oxygens (including phenoxy) is 1. The number of carboxylic acid groups (broad SMARTS) is 1. The zero-order valence-electron chi connectivity index (χ0n) is 13.1. The third-order valence-electron chi connectivity index (χ3n) is 3.22. The molecule has 2 rings (SSSR count). The van der Waals surface area contributed by atoms with Gasteiger partial charge in [-0.05, 0) is 30.3 Å². The van der Waals surface area contributed by atoms with Crippen LogP contribution < -0.4 is 5.32 Å². The molecule has 130 valence electrons. The number of carbonyl (C=O) groups excluding carboxylic acids is 1. The number of amides is 1. The lowest BCUT2D eigenvalue weighted by atomic mass is 10.1. The van der Waals surface area contributed by atoms with Gasteiger partial charge in [-0.15, -0.1) is 0 Å². The van der Waals surface area contributed by atoms with Crippen LogP contribution in [0.2, 0.25) is 0 Å². The number of nitrogens with one attached hydrogen (secondary N) is 1. The Bertz CT molecular complexity index is 776. The predicted octanol–water partition coefficient (Wildman–Crippen LogP) is 4.48. The van der Waals surface area contributed by atoms with Gasteiger partial charge in [-0.2, -0.15) is 0 Å². The molecule has 0 aromatic heterocycles. The Hall–Kier alpha value is -2.80. The number of aromatic hydroxyl groups is 1. The summed E-state index contributed by atoms with van der Waals surface area (Å²) < 4.78 is 6.08. The Morgan fingerprint density at radius 1 is 1.20 bits per heavy atom. The Labute approximate surface area is 152 Å². The molecule has 6 nitrogen and oxygen atoms in total. The summed E-state index contributed by atoms with van der Waals surface area (Å²) in [7, 11) is 0. The van der Waals surface area contributed by atoms with E-state index >= 15 is 0 Å². The maximum atomic E-state index is 12.1. The minimum atomic E-state index is -1.11. The van der Waals surface area contributed by atoms with Crippen molar-refractivity contribution in [2.24, 2.45) is 0 Å². The van der Waals surface area contributed by atoms with Crippen LogP contribution in [0.1, 0.15) is 18.1 Å². The molecule has 0 unspecified atom stereocenters. The van der Waals surface area contributed by atoms with Gasteiger partial charge in [0, 0.05) is 28.2 Å². The predicted molar refractivity (Wildman–Crippen MR) is 96.5 cm³/mol. The SMILES string of the molecule is O=C(O)/C=C/C[C@H](OC(=O)Nc1ccccc1)c1cc(Br)ccc1O. The summed E-state index contributed by atoms with van der Waals surface area (Å²) >= 11 is 3.30. The van der Waals surface area contributed by atoms with E-state index in [1.54, 1.807) is 36.4 Å². The van der Waals surface area contributed by atoms with E-state index < -0.39 is 18.2 Å². The van der Waals surface area contributed by atoms with Gasteiger partial charge in [0.15, 0.2) is 0 Å². The largest absolute Gasteiger partial charge is 0.508 e. The molecule has 2 aromatic rings. The van der Waals surface area contributed by atoms with E-state index in [2.05, 4.69) is 21.2 Å². The molecule has 0 aliphatic carbocycles. The van der Waals surface area contributed by atoms with Crippen LogP contribution in [0.3, 0.4) is 0 Å². The third kappa shape index (κ3) is 5.96. The average Bonchev–Trinajstić information content (AvgIpc) is 2.57. The molecule has 3 N–H and O–H groups in total. The smallest absolute Gasteiger partial charge is 0.412 e. The van der Waals surface area contributed by atoms with Crippen LogP contribution in [-0.2, 0) is 9.53 Å². The van der Waals surface area contributed by atoms with E-state index in [0.717, 1.165) is 6.08 Å². The number of halogens is 1. The molecule has 0 aliphatic rings. The van der Waals surface area contributed by atoms with Crippen LogP contribution in [0.15, 0.2) is 65.2 Å². The number of anilines is 1. The number of rotatable bonds is 6. The highest BCUT2D eigenvalue weighted by Gasteiger charge is 2.19. The lowest BCUT2D eigenvalue weighted by Crippen LogP contribution is -2.17. The number of benzene rings is 2. The first-order valence-corrected chi connectivity index (χ1v) is 8.15. The number of aliphatic carboxylic acids is 1. The highest BCUT2D eigenvalue weighted by molar-refractivity contribution is 9.10. The lowest BCUT2D eigenvalue weighted by Gasteiger charge is -2.18. The number of phenolic OH excluding ortho intramolecular Hbond substituents is 1. The fourth-order valence-electron chi connectivity index (χ4n) is 2.11. The molecule has 2 aromatic carbocycles. The monoisotopic (exact) mass is 405 g/mol. The minimum Gasteiger partial charge on any atom is -0.508 e. The first-order chi connectivity index (χ1) is 12.0. The van der Waals surface area contributed by atoms with Crippen LogP contribution in [-0.4, -0.2) is 22.3 Å². The van der Waals surface area contributed by atoms with Crippen LogP contribution in [0, 0.1) is 0 Å². The standard InChI is InChI=1S/C18H16BrNO5/c19-12-9-10-15(21)14(11-12)16(7-4-8-17(22)23)25-18(24)20-13-5-2-1-3-6-13/h1-6,8-11,16,21H,7H2,(H,20,24)(H,22,23)/b8-4+/t16-/m0/s1. The van der Waals surface area contributed by atoms with Crippen molar-refractivity contribution in [2.45, 2.75) is 12.5 Å². The average molecular weight is 406 g/mol. The number of hydrogen-bond donors (Lipinski definition) is 3. The second-order valence-electron chi connectivity index (χ2n) is 5.06. The van der Waals surface area contributed by atoms with E-state index in [9.17, 15) is 14.7 Å². The number of carboxylic acids is 1. The highest BCUT2D eigenvalue weighted by Crippen LogP contribution is 2.32. The molecule has 25 heavy (non-hydrogen) atoms. The van der Waals surface area contributed by atoms with Crippen molar-refractivity contribution in [3.63, 3.8) is 0 Å². The van der Waals surface area contributed by atoms with Gasteiger partial charge in [-0.1, -0.05) is 40.2 Å². The van der Waals surface area contributed by atoms with Crippen LogP contribution in [0.25, 0.3) is 0 Å². The van der Waals surface area contributed by atoms with Gasteiger partial charge in [-0.25, -0.2) is 9.59 Å². The van der Waals surface area contributed by atoms with E-state index in [1.807, 2.05) is 6.07 Å². The summed E-state index contributed by atoms with van der Waals surface area (Å²) in [5.41, 5.74) is 0.929. The Balaban J connectivity index is 2.17. The summed E-state index contributed by atoms with van der Waals surface area (Å²) in [4.78, 5) is 22.8. The second kappa shape index (κ2) is 8.89. The first-order valence-electron chi connectivity index (χ1n) is 7.36. The summed E-state index contributed by atoms with van der Waals surface area (Å²) in [6, 6.07) is 13.5. The van der Waals surface area contributed by atoms with Crippen molar-refractivity contribution in [1.29, 1.82) is 0 Å². The zero-order valence-corrected chi connectivity index (χ0v) is 14.6. The fourth-order valence-corrected chi connectivity index (χ4v) is 2.49. The normalized spacial score (nSPS) is 11.9. The van der Waals surface area contributed by atoms with Gasteiger partial charge in [0.2, 0.25) is 0 Å². The van der Waals surface area contributed by atoms with Crippen LogP contribution in [0.5, 0.6) is 5.75 Å². The lowest BCUT2D eigenvalue weighted by molar-refractivity contribution is -0.131. The molecule has 0 aliphatic heterocycles. The second-order valence-corrected chi connectivity index (χ2v) is 5.98. The summed E-state index contributed by atoms with van der Waals surface area (Å²) in [5, 5.41) is 21.3. The maximum absolute atomic E-state index is 12.1. The van der Waals surface area contributed by atoms with E-state index in [-0.39, 0.29) is 12.2 Å². The molecular formula is C18H16BrNO5. The fraction of sp³-hybridized carbons (Fsp3) is 0.111. The van der Waals surface area contributed by atoms with Crippen molar-refractivity contribution < 1.29 is 24.5 Å². The van der Waals surface area contributed by atoms with Crippen LogP contribution >= 0.6 is 15.9 Å². The van der Waals surface area contributed by atoms with Gasteiger partial charge < -0.3 is 14.9 Å². The minimum absolute atomic E-state index is 0.0514. The topological polar surface area (TPSA) is 95.9 Å². The number of para-hydroxylation sites is 1. The maximum Gasteiger partial charge on any atom is 0.412 e. The summed E-state index contributed by atoms with van der Waals surface area (Å²) in [6.45, 7) is 0. The van der Waals surface area contributed by atoms with E-state index in [1.165, 1.54) is 12.1 Å². The molecule has 0 bridgehead atoms. The van der Waals surface area contributed by atoms with Crippen molar-refractivity contribution in [3.05, 3.63) is 70.7 Å². The molecule has 1 atom stereocenters. The third-order valence-corrected chi connectivity index (χ3v) is 3.71. The van der Waals surface area contributed by atoms with Crippen LogP contribution in [0.4, 0.5) is 10.5 Å². The van der Waals surface area contributed by atoms with E-state index in [4.69, 9.17) is 9.84 Å². The molecule has 0 saturated carbocycles.